The van der Waals surface area contributed by atoms with Gasteiger partial charge >= 0.3 is 0 Å². The largest absolute Gasteiger partial charge is 0.379 e. The lowest BCUT2D eigenvalue weighted by Gasteiger charge is -2.33. The highest BCUT2D eigenvalue weighted by Crippen LogP contribution is 2.16. The molecule has 0 amide bonds. The van der Waals surface area contributed by atoms with E-state index >= 15 is 0 Å². The van der Waals surface area contributed by atoms with Crippen molar-refractivity contribution in [2.24, 2.45) is 0 Å². The van der Waals surface area contributed by atoms with Crippen molar-refractivity contribution in [3.05, 3.63) is 35.1 Å². The van der Waals surface area contributed by atoms with Crippen molar-refractivity contribution in [1.82, 2.24) is 4.90 Å². The first kappa shape index (κ1) is 12.0. The minimum atomic E-state index is -0.248. The number of benzene rings is 1. The minimum absolute atomic E-state index is 0.248. The molecule has 4 heteroatoms. The normalized spacial score (nSPS) is 21.1. The lowest BCUT2D eigenvalue weighted by atomic mass is 10.1. The molecule has 1 fully saturated rings. The number of nitriles is 1. The summed E-state index contributed by atoms with van der Waals surface area (Å²) in [6.07, 6.45) is 0. The van der Waals surface area contributed by atoms with Gasteiger partial charge in [0, 0.05) is 24.7 Å². The Bertz CT molecular complexity index is 442. The summed E-state index contributed by atoms with van der Waals surface area (Å²) < 4.78 is 19.0. The van der Waals surface area contributed by atoms with Crippen molar-refractivity contribution in [2.75, 3.05) is 19.8 Å². The summed E-state index contributed by atoms with van der Waals surface area (Å²) in [5.41, 5.74) is 1.08. The van der Waals surface area contributed by atoms with Crippen LogP contribution in [0.1, 0.15) is 18.1 Å². The fourth-order valence-electron chi connectivity index (χ4n) is 1.98. The second kappa shape index (κ2) is 5.26. The number of halogens is 1. The summed E-state index contributed by atoms with van der Waals surface area (Å²) >= 11 is 0. The van der Waals surface area contributed by atoms with E-state index in [0.29, 0.717) is 30.9 Å². The first-order chi connectivity index (χ1) is 8.20. The van der Waals surface area contributed by atoms with Crippen LogP contribution >= 0.6 is 0 Å². The van der Waals surface area contributed by atoms with Crippen LogP contribution < -0.4 is 0 Å². The summed E-state index contributed by atoms with van der Waals surface area (Å²) in [7, 11) is 0. The maximum atomic E-state index is 13.6. The molecule has 1 heterocycles. The quantitative estimate of drug-likeness (QED) is 0.784. The molecular weight excluding hydrogens is 219 g/mol. The summed E-state index contributed by atoms with van der Waals surface area (Å²) in [5, 5.41) is 8.80. The van der Waals surface area contributed by atoms with E-state index in [0.717, 1.165) is 6.54 Å². The Labute approximate surface area is 100 Å². The average molecular weight is 234 g/mol. The van der Waals surface area contributed by atoms with Crippen molar-refractivity contribution in [3.8, 4) is 6.07 Å². The second-order valence-corrected chi connectivity index (χ2v) is 4.31. The van der Waals surface area contributed by atoms with E-state index < -0.39 is 0 Å². The van der Waals surface area contributed by atoms with Crippen LogP contribution in [0.2, 0.25) is 0 Å². The third-order valence-corrected chi connectivity index (χ3v) is 3.05. The zero-order valence-electron chi connectivity index (χ0n) is 9.82. The minimum Gasteiger partial charge on any atom is -0.379 e. The van der Waals surface area contributed by atoms with Gasteiger partial charge in [-0.3, -0.25) is 4.90 Å². The van der Waals surface area contributed by atoms with Crippen LogP contribution in [-0.2, 0) is 11.3 Å². The molecule has 0 radical (unpaired) electrons. The van der Waals surface area contributed by atoms with Crippen LogP contribution in [-0.4, -0.2) is 30.7 Å². The van der Waals surface area contributed by atoms with Crippen molar-refractivity contribution >= 4 is 0 Å². The molecule has 1 aliphatic rings. The molecule has 2 rings (SSSR count). The van der Waals surface area contributed by atoms with E-state index in [1.807, 2.05) is 6.07 Å². The molecule has 90 valence electrons. The summed E-state index contributed by atoms with van der Waals surface area (Å²) in [6, 6.07) is 6.80. The smallest absolute Gasteiger partial charge is 0.127 e. The molecule has 3 nitrogen and oxygen atoms in total. The molecule has 17 heavy (non-hydrogen) atoms. The van der Waals surface area contributed by atoms with E-state index in [4.69, 9.17) is 10.00 Å². The SMILES string of the molecule is CC1COCCN1Cc1cc(C#N)ccc1F. The van der Waals surface area contributed by atoms with E-state index in [9.17, 15) is 4.39 Å². The standard InChI is InChI=1S/C13H15FN2O/c1-10-9-17-5-4-16(10)8-12-6-11(7-15)2-3-13(12)14/h2-3,6,10H,4-5,8-9H2,1H3. The van der Waals surface area contributed by atoms with Gasteiger partial charge in [0.15, 0.2) is 0 Å². The fourth-order valence-corrected chi connectivity index (χ4v) is 1.98. The topological polar surface area (TPSA) is 36.3 Å². The van der Waals surface area contributed by atoms with Crippen LogP contribution in [0.4, 0.5) is 4.39 Å². The lowest BCUT2D eigenvalue weighted by Crippen LogP contribution is -2.43. The number of hydrogen-bond donors (Lipinski definition) is 0. The number of morpholine rings is 1. The molecule has 1 saturated heterocycles. The zero-order chi connectivity index (χ0) is 12.3. The molecule has 0 N–H and O–H groups in total. The Morgan fingerprint density at radius 1 is 1.59 bits per heavy atom. The van der Waals surface area contributed by atoms with Crippen LogP contribution in [0, 0.1) is 17.1 Å². The highest BCUT2D eigenvalue weighted by Gasteiger charge is 2.20. The van der Waals surface area contributed by atoms with Gasteiger partial charge in [0.1, 0.15) is 5.82 Å². The first-order valence-electron chi connectivity index (χ1n) is 5.71. The van der Waals surface area contributed by atoms with Crippen LogP contribution in [0.5, 0.6) is 0 Å². The van der Waals surface area contributed by atoms with Gasteiger partial charge < -0.3 is 4.74 Å². The Balaban J connectivity index is 2.14. The Morgan fingerprint density at radius 3 is 3.12 bits per heavy atom. The highest BCUT2D eigenvalue weighted by molar-refractivity contribution is 5.33. The molecule has 0 saturated carbocycles. The van der Waals surface area contributed by atoms with Gasteiger partial charge in [0.05, 0.1) is 24.8 Å². The summed E-state index contributed by atoms with van der Waals surface area (Å²) in [6.45, 7) is 4.76. The van der Waals surface area contributed by atoms with Crippen LogP contribution in [0.3, 0.4) is 0 Å². The first-order valence-corrected chi connectivity index (χ1v) is 5.71. The third kappa shape index (κ3) is 2.82. The predicted octanol–water partition coefficient (Wildman–Crippen LogP) is 1.92. The molecule has 0 bridgehead atoms. The van der Waals surface area contributed by atoms with Gasteiger partial charge in [-0.1, -0.05) is 0 Å². The predicted molar refractivity (Wildman–Crippen MR) is 61.8 cm³/mol. The monoisotopic (exact) mass is 234 g/mol. The van der Waals surface area contributed by atoms with E-state index in [-0.39, 0.29) is 11.9 Å². The molecule has 1 aromatic rings. The number of nitrogens with zero attached hydrogens (tertiary/aromatic N) is 2. The van der Waals surface area contributed by atoms with E-state index in [2.05, 4.69) is 11.8 Å². The van der Waals surface area contributed by atoms with Crippen molar-refractivity contribution in [2.45, 2.75) is 19.5 Å². The zero-order valence-corrected chi connectivity index (χ0v) is 9.82. The fraction of sp³-hybridized carbons (Fsp3) is 0.462. The van der Waals surface area contributed by atoms with Gasteiger partial charge in [-0.25, -0.2) is 4.39 Å². The maximum Gasteiger partial charge on any atom is 0.127 e. The van der Waals surface area contributed by atoms with Gasteiger partial charge in [-0.2, -0.15) is 5.26 Å². The third-order valence-electron chi connectivity index (χ3n) is 3.05. The van der Waals surface area contributed by atoms with Crippen molar-refractivity contribution in [1.29, 1.82) is 5.26 Å². The number of rotatable bonds is 2. The van der Waals surface area contributed by atoms with Gasteiger partial charge in [-0.15, -0.1) is 0 Å². The molecule has 1 aliphatic heterocycles. The lowest BCUT2D eigenvalue weighted by molar-refractivity contribution is -0.00480. The number of hydrogen-bond acceptors (Lipinski definition) is 3. The van der Waals surface area contributed by atoms with Gasteiger partial charge in [0.2, 0.25) is 0 Å². The molecule has 1 aromatic carbocycles. The van der Waals surface area contributed by atoms with E-state index in [1.165, 1.54) is 12.1 Å². The summed E-state index contributed by atoms with van der Waals surface area (Å²) in [4.78, 5) is 2.17. The van der Waals surface area contributed by atoms with Crippen LogP contribution in [0.15, 0.2) is 18.2 Å². The number of ether oxygens (including phenoxy) is 1. The molecule has 0 aromatic heterocycles. The van der Waals surface area contributed by atoms with Crippen molar-refractivity contribution in [3.63, 3.8) is 0 Å². The molecule has 0 aliphatic carbocycles. The summed E-state index contributed by atoms with van der Waals surface area (Å²) in [5.74, 6) is -0.248. The Kier molecular flexibility index (Phi) is 3.72. The average Bonchev–Trinajstić information content (AvgIpc) is 2.35. The molecular formula is C13H15FN2O. The molecule has 1 unspecified atom stereocenters. The molecule has 1 atom stereocenters. The van der Waals surface area contributed by atoms with Crippen molar-refractivity contribution < 1.29 is 9.13 Å². The Hall–Kier alpha value is -1.44. The Morgan fingerprint density at radius 2 is 2.41 bits per heavy atom. The van der Waals surface area contributed by atoms with E-state index in [1.54, 1.807) is 6.07 Å². The van der Waals surface area contributed by atoms with Crippen LogP contribution in [0.25, 0.3) is 0 Å². The maximum absolute atomic E-state index is 13.6. The second-order valence-electron chi connectivity index (χ2n) is 4.31. The highest BCUT2D eigenvalue weighted by atomic mass is 19.1. The van der Waals surface area contributed by atoms with Gasteiger partial charge in [0.25, 0.3) is 0 Å². The molecule has 0 spiro atoms. The van der Waals surface area contributed by atoms with Gasteiger partial charge in [-0.05, 0) is 25.1 Å².